The molecule has 0 saturated heterocycles. The van der Waals surface area contributed by atoms with E-state index in [0.29, 0.717) is 0 Å². The average molecular weight is 123 g/mol. The molecular weight excluding hydrogens is 117 g/mol. The molecule has 0 aromatic heterocycles. The van der Waals surface area contributed by atoms with Crippen LogP contribution in [0.15, 0.2) is 0 Å². The molecule has 0 bridgehead atoms. The van der Waals surface area contributed by atoms with Crippen molar-refractivity contribution in [1.29, 1.82) is 0 Å². The molecular formula is CH6GeO2. The van der Waals surface area contributed by atoms with E-state index in [2.05, 4.69) is 0 Å². The standard InChI is InChI=1S/CH2O2.GeH4/c2-1-3;/h1H,(H,2,3);1H4. The van der Waals surface area contributed by atoms with Gasteiger partial charge in [-0.1, -0.05) is 0 Å². The zero-order valence-electron chi connectivity index (χ0n) is 1.43. The Hall–Kier alpha value is 0.0129. The summed E-state index contributed by atoms with van der Waals surface area (Å²) in [4.78, 5) is 8.36. The average Bonchev–Trinajstić information content (AvgIpc) is 0.918. The molecule has 2 nitrogen and oxygen atoms in total. The molecule has 1 N–H and O–H groups in total. The molecule has 0 aliphatic heterocycles. The van der Waals surface area contributed by atoms with Crippen LogP contribution in [0.2, 0.25) is 0 Å². The van der Waals surface area contributed by atoms with Crippen LogP contribution in [0.4, 0.5) is 0 Å². The van der Waals surface area contributed by atoms with Gasteiger partial charge in [-0.15, -0.1) is 0 Å². The Kier molecular flexibility index (Phi) is 26.7. The van der Waals surface area contributed by atoms with Gasteiger partial charge in [-0.3, -0.25) is 4.79 Å². The van der Waals surface area contributed by atoms with Crippen molar-refractivity contribution >= 4 is 24.1 Å². The molecule has 0 rings (SSSR count). The molecule has 0 spiro atoms. The molecule has 3 heteroatoms. The van der Waals surface area contributed by atoms with Crippen molar-refractivity contribution in [1.82, 2.24) is 0 Å². The van der Waals surface area contributed by atoms with Gasteiger partial charge in [-0.2, -0.15) is 0 Å². The van der Waals surface area contributed by atoms with Crippen LogP contribution in [0.5, 0.6) is 0 Å². The molecule has 0 unspecified atom stereocenters. The molecule has 26 valence electrons. The van der Waals surface area contributed by atoms with E-state index in [9.17, 15) is 0 Å². The molecule has 0 aromatic carbocycles. The van der Waals surface area contributed by atoms with Crippen molar-refractivity contribution in [3.8, 4) is 0 Å². The van der Waals surface area contributed by atoms with Crippen molar-refractivity contribution in [3.05, 3.63) is 0 Å². The fourth-order valence-corrected chi connectivity index (χ4v) is 0. The van der Waals surface area contributed by atoms with Crippen LogP contribution in [0.25, 0.3) is 0 Å². The summed E-state index contributed by atoms with van der Waals surface area (Å²) in [6.45, 7) is -0.250. The van der Waals surface area contributed by atoms with Gasteiger partial charge in [-0.05, 0) is 0 Å². The molecule has 0 aromatic rings. The monoisotopic (exact) mass is 124 g/mol. The number of carboxylic acid groups (broad SMARTS) is 1. The first-order valence-electron chi connectivity index (χ1n) is 0.494. The minimum absolute atomic E-state index is 0. The second-order valence-electron chi connectivity index (χ2n) is 0.105. The molecule has 0 aliphatic rings. The summed E-state index contributed by atoms with van der Waals surface area (Å²) in [5.74, 6) is 0. The summed E-state index contributed by atoms with van der Waals surface area (Å²) in [7, 11) is 0. The fraction of sp³-hybridized carbons (Fsp3) is 0. The van der Waals surface area contributed by atoms with Crippen molar-refractivity contribution in [2.75, 3.05) is 0 Å². The third-order valence-electron chi connectivity index (χ3n) is 0. The first-order valence-corrected chi connectivity index (χ1v) is 0.494. The third kappa shape index (κ3) is 12500. The third-order valence-corrected chi connectivity index (χ3v) is 0. The van der Waals surface area contributed by atoms with Gasteiger partial charge in [-0.25, -0.2) is 0 Å². The van der Waals surface area contributed by atoms with E-state index in [-0.39, 0.29) is 24.1 Å². The van der Waals surface area contributed by atoms with E-state index < -0.39 is 0 Å². The van der Waals surface area contributed by atoms with Gasteiger partial charge in [0.15, 0.2) is 0 Å². The first-order chi connectivity index (χ1) is 1.41. The Morgan fingerprint density at radius 2 is 1.75 bits per heavy atom. The van der Waals surface area contributed by atoms with E-state index in [1.165, 1.54) is 0 Å². The molecule has 0 aliphatic carbocycles. The van der Waals surface area contributed by atoms with E-state index >= 15 is 0 Å². The predicted octanol–water partition coefficient (Wildman–Crippen LogP) is -1.75. The minimum atomic E-state index is -0.250. The van der Waals surface area contributed by atoms with Crippen molar-refractivity contribution in [3.63, 3.8) is 0 Å². The van der Waals surface area contributed by atoms with Gasteiger partial charge in [0.05, 0.1) is 0 Å². The van der Waals surface area contributed by atoms with Crippen molar-refractivity contribution < 1.29 is 9.90 Å². The zero-order chi connectivity index (χ0) is 2.71. The Labute approximate surface area is 34.8 Å². The van der Waals surface area contributed by atoms with Crippen LogP contribution in [0, 0.1) is 0 Å². The van der Waals surface area contributed by atoms with Crippen LogP contribution < -0.4 is 0 Å². The van der Waals surface area contributed by atoms with Gasteiger partial charge in [0.25, 0.3) is 6.47 Å². The fourth-order valence-electron chi connectivity index (χ4n) is 0. The Morgan fingerprint density at radius 3 is 1.75 bits per heavy atom. The summed E-state index contributed by atoms with van der Waals surface area (Å²) < 4.78 is 0. The topological polar surface area (TPSA) is 37.3 Å². The quantitative estimate of drug-likeness (QED) is 0.306. The molecule has 4 heavy (non-hydrogen) atoms. The van der Waals surface area contributed by atoms with Crippen molar-refractivity contribution in [2.45, 2.75) is 0 Å². The van der Waals surface area contributed by atoms with Gasteiger partial charge >= 0.3 is 17.6 Å². The van der Waals surface area contributed by atoms with Gasteiger partial charge in [0.2, 0.25) is 0 Å². The molecule has 0 amide bonds. The van der Waals surface area contributed by atoms with E-state index in [4.69, 9.17) is 9.90 Å². The first kappa shape index (κ1) is 8.99. The van der Waals surface area contributed by atoms with Crippen LogP contribution >= 0.6 is 0 Å². The summed E-state index contributed by atoms with van der Waals surface area (Å²) in [5, 5.41) is 6.89. The van der Waals surface area contributed by atoms with Crippen molar-refractivity contribution in [2.24, 2.45) is 0 Å². The van der Waals surface area contributed by atoms with E-state index in [1.807, 2.05) is 0 Å². The number of hydrogen-bond donors (Lipinski definition) is 1. The zero-order valence-corrected chi connectivity index (χ0v) is 1.43. The maximum atomic E-state index is 8.36. The summed E-state index contributed by atoms with van der Waals surface area (Å²) in [6, 6.07) is 0. The van der Waals surface area contributed by atoms with E-state index in [1.54, 1.807) is 0 Å². The Balaban J connectivity index is 0. The predicted molar refractivity (Wildman–Crippen MR) is 20.0 cm³/mol. The molecule has 0 radical (unpaired) electrons. The molecule has 0 fully saturated rings. The summed E-state index contributed by atoms with van der Waals surface area (Å²) >= 11 is 0. The second-order valence-corrected chi connectivity index (χ2v) is 0.105. The number of hydrogen-bond acceptors (Lipinski definition) is 1. The summed E-state index contributed by atoms with van der Waals surface area (Å²) in [5.41, 5.74) is 0. The van der Waals surface area contributed by atoms with Crippen LogP contribution in [0.1, 0.15) is 0 Å². The molecule has 0 atom stereocenters. The van der Waals surface area contributed by atoms with Crippen LogP contribution in [0.3, 0.4) is 0 Å². The van der Waals surface area contributed by atoms with Crippen LogP contribution in [-0.4, -0.2) is 29.2 Å². The van der Waals surface area contributed by atoms with Crippen LogP contribution in [-0.2, 0) is 4.79 Å². The van der Waals surface area contributed by atoms with Gasteiger partial charge < -0.3 is 5.11 Å². The maximum absolute atomic E-state index is 8.36. The Morgan fingerprint density at radius 1 is 1.75 bits per heavy atom. The summed E-state index contributed by atoms with van der Waals surface area (Å²) in [6.07, 6.45) is 0. The van der Waals surface area contributed by atoms with Gasteiger partial charge in [0, 0.05) is 0 Å². The second kappa shape index (κ2) is 11.9. The molecule has 0 heterocycles. The SMILES string of the molecule is O=CO.[GeH4]. The number of carbonyl (C=O) groups is 1. The Bertz CT molecular complexity index is 13.5. The molecule has 0 saturated carbocycles. The number of rotatable bonds is 0. The normalized spacial score (nSPS) is 3.00. The van der Waals surface area contributed by atoms with Gasteiger partial charge in [0.1, 0.15) is 0 Å². The van der Waals surface area contributed by atoms with E-state index in [0.717, 1.165) is 0 Å².